The SMILES string of the molecule is CC1CC(Nc2nc3ccccc3s2)C1. The van der Waals surface area contributed by atoms with Gasteiger partial charge in [0.2, 0.25) is 0 Å². The van der Waals surface area contributed by atoms with E-state index >= 15 is 0 Å². The third-order valence-corrected chi connectivity index (χ3v) is 3.96. The van der Waals surface area contributed by atoms with Gasteiger partial charge in [-0.25, -0.2) is 4.98 Å². The molecule has 3 rings (SSSR count). The normalized spacial score (nSPS) is 25.1. The molecule has 0 spiro atoms. The van der Waals surface area contributed by atoms with Crippen molar-refractivity contribution in [3.63, 3.8) is 0 Å². The maximum atomic E-state index is 4.57. The van der Waals surface area contributed by atoms with Crippen LogP contribution in [0.5, 0.6) is 0 Å². The molecule has 1 saturated carbocycles. The minimum Gasteiger partial charge on any atom is -0.359 e. The molecular weight excluding hydrogens is 204 g/mol. The Balaban J connectivity index is 1.80. The van der Waals surface area contributed by atoms with Crippen LogP contribution in [-0.2, 0) is 0 Å². The Labute approximate surface area is 93.3 Å². The fourth-order valence-corrected chi connectivity index (χ4v) is 3.07. The first-order valence-electron chi connectivity index (χ1n) is 5.43. The molecule has 1 aromatic heterocycles. The van der Waals surface area contributed by atoms with E-state index in [9.17, 15) is 0 Å². The molecule has 0 saturated heterocycles. The molecule has 15 heavy (non-hydrogen) atoms. The van der Waals surface area contributed by atoms with Gasteiger partial charge in [-0.1, -0.05) is 30.4 Å². The molecule has 78 valence electrons. The van der Waals surface area contributed by atoms with Crippen molar-refractivity contribution >= 4 is 26.7 Å². The van der Waals surface area contributed by atoms with Gasteiger partial charge in [0.25, 0.3) is 0 Å². The Morgan fingerprint density at radius 2 is 2.13 bits per heavy atom. The van der Waals surface area contributed by atoms with E-state index < -0.39 is 0 Å². The van der Waals surface area contributed by atoms with E-state index in [1.54, 1.807) is 11.3 Å². The van der Waals surface area contributed by atoms with Crippen LogP contribution in [0.1, 0.15) is 19.8 Å². The Hall–Kier alpha value is -1.09. The number of nitrogens with zero attached hydrogens (tertiary/aromatic N) is 1. The lowest BCUT2D eigenvalue weighted by atomic mass is 9.82. The summed E-state index contributed by atoms with van der Waals surface area (Å²) in [4.78, 5) is 4.57. The Kier molecular flexibility index (Phi) is 2.13. The highest BCUT2D eigenvalue weighted by Gasteiger charge is 2.25. The Morgan fingerprint density at radius 1 is 1.33 bits per heavy atom. The van der Waals surface area contributed by atoms with E-state index in [1.165, 1.54) is 17.5 Å². The molecule has 0 radical (unpaired) electrons. The molecule has 1 aliphatic carbocycles. The number of rotatable bonds is 2. The number of anilines is 1. The Bertz CT molecular complexity index is 438. The summed E-state index contributed by atoms with van der Waals surface area (Å²) in [7, 11) is 0. The van der Waals surface area contributed by atoms with E-state index in [1.807, 2.05) is 6.07 Å². The first kappa shape index (κ1) is 9.16. The van der Waals surface area contributed by atoms with E-state index in [-0.39, 0.29) is 0 Å². The molecule has 2 nitrogen and oxygen atoms in total. The molecule has 1 heterocycles. The van der Waals surface area contributed by atoms with Gasteiger partial charge in [-0.2, -0.15) is 0 Å². The topological polar surface area (TPSA) is 24.9 Å². The molecule has 0 aliphatic heterocycles. The molecule has 1 fully saturated rings. The number of hydrogen-bond donors (Lipinski definition) is 1. The summed E-state index contributed by atoms with van der Waals surface area (Å²) in [5.41, 5.74) is 1.11. The van der Waals surface area contributed by atoms with Gasteiger partial charge in [-0.05, 0) is 30.9 Å². The van der Waals surface area contributed by atoms with Gasteiger partial charge in [-0.15, -0.1) is 0 Å². The van der Waals surface area contributed by atoms with E-state index in [2.05, 4.69) is 35.4 Å². The summed E-state index contributed by atoms with van der Waals surface area (Å²) in [6, 6.07) is 8.95. The zero-order valence-electron chi connectivity index (χ0n) is 8.73. The van der Waals surface area contributed by atoms with Crippen LogP contribution in [0, 0.1) is 5.92 Å². The predicted molar refractivity (Wildman–Crippen MR) is 65.4 cm³/mol. The number of para-hydroxylation sites is 1. The number of hydrogen-bond acceptors (Lipinski definition) is 3. The number of aromatic nitrogens is 1. The van der Waals surface area contributed by atoms with E-state index in [4.69, 9.17) is 0 Å². The third kappa shape index (κ3) is 1.72. The van der Waals surface area contributed by atoms with Gasteiger partial charge < -0.3 is 5.32 Å². The lowest BCUT2D eigenvalue weighted by Gasteiger charge is -2.33. The summed E-state index contributed by atoms with van der Waals surface area (Å²) < 4.78 is 1.27. The number of fused-ring (bicyclic) bond motifs is 1. The first-order valence-corrected chi connectivity index (χ1v) is 6.25. The fourth-order valence-electron chi connectivity index (χ4n) is 2.13. The second kappa shape index (κ2) is 3.49. The van der Waals surface area contributed by atoms with E-state index in [0.29, 0.717) is 6.04 Å². The monoisotopic (exact) mass is 218 g/mol. The van der Waals surface area contributed by atoms with Gasteiger partial charge in [0, 0.05) is 6.04 Å². The summed E-state index contributed by atoms with van der Waals surface area (Å²) in [5.74, 6) is 0.886. The molecule has 0 unspecified atom stereocenters. The highest BCUT2D eigenvalue weighted by molar-refractivity contribution is 7.22. The van der Waals surface area contributed by atoms with Gasteiger partial charge in [0.15, 0.2) is 5.13 Å². The molecule has 1 aromatic carbocycles. The van der Waals surface area contributed by atoms with Crippen LogP contribution in [0.25, 0.3) is 10.2 Å². The Morgan fingerprint density at radius 3 is 2.87 bits per heavy atom. The van der Waals surface area contributed by atoms with Crippen LogP contribution >= 0.6 is 11.3 Å². The van der Waals surface area contributed by atoms with Gasteiger partial charge in [-0.3, -0.25) is 0 Å². The maximum absolute atomic E-state index is 4.57. The first-order chi connectivity index (χ1) is 7.31. The van der Waals surface area contributed by atoms with Gasteiger partial charge >= 0.3 is 0 Å². The van der Waals surface area contributed by atoms with Crippen molar-refractivity contribution in [1.29, 1.82) is 0 Å². The second-order valence-corrected chi connectivity index (χ2v) is 5.44. The number of nitrogens with one attached hydrogen (secondary N) is 1. The van der Waals surface area contributed by atoms with Crippen molar-refractivity contribution in [1.82, 2.24) is 4.98 Å². The predicted octanol–water partition coefficient (Wildman–Crippen LogP) is 3.51. The van der Waals surface area contributed by atoms with Crippen molar-refractivity contribution in [2.24, 2.45) is 5.92 Å². The molecule has 0 bridgehead atoms. The smallest absolute Gasteiger partial charge is 0.184 e. The quantitative estimate of drug-likeness (QED) is 0.834. The van der Waals surface area contributed by atoms with Crippen LogP contribution in [0.2, 0.25) is 0 Å². The summed E-state index contributed by atoms with van der Waals surface area (Å²) in [6.07, 6.45) is 2.58. The highest BCUT2D eigenvalue weighted by Crippen LogP contribution is 2.32. The van der Waals surface area contributed by atoms with Crippen LogP contribution in [0.4, 0.5) is 5.13 Å². The van der Waals surface area contributed by atoms with Crippen molar-refractivity contribution < 1.29 is 0 Å². The molecule has 1 aliphatic rings. The van der Waals surface area contributed by atoms with Gasteiger partial charge in [0.1, 0.15) is 0 Å². The summed E-state index contributed by atoms with van der Waals surface area (Å²) >= 11 is 1.75. The van der Waals surface area contributed by atoms with E-state index in [0.717, 1.165) is 16.6 Å². The van der Waals surface area contributed by atoms with Crippen molar-refractivity contribution in [2.45, 2.75) is 25.8 Å². The molecule has 1 N–H and O–H groups in total. The number of thiazole rings is 1. The highest BCUT2D eigenvalue weighted by atomic mass is 32.1. The van der Waals surface area contributed by atoms with Crippen molar-refractivity contribution in [3.8, 4) is 0 Å². The minimum atomic E-state index is 0.653. The molecule has 3 heteroatoms. The zero-order chi connectivity index (χ0) is 10.3. The molecule has 2 aromatic rings. The average Bonchev–Trinajstić information content (AvgIpc) is 2.57. The van der Waals surface area contributed by atoms with Crippen LogP contribution in [0.15, 0.2) is 24.3 Å². The maximum Gasteiger partial charge on any atom is 0.184 e. The summed E-state index contributed by atoms with van der Waals surface area (Å²) in [6.45, 7) is 2.30. The van der Waals surface area contributed by atoms with Crippen LogP contribution < -0.4 is 5.32 Å². The molecular formula is C12H14N2S. The van der Waals surface area contributed by atoms with Gasteiger partial charge in [0.05, 0.1) is 10.2 Å². The van der Waals surface area contributed by atoms with Crippen molar-refractivity contribution in [2.75, 3.05) is 5.32 Å². The second-order valence-electron chi connectivity index (χ2n) is 4.40. The number of benzene rings is 1. The zero-order valence-corrected chi connectivity index (χ0v) is 9.55. The van der Waals surface area contributed by atoms with Crippen LogP contribution in [0.3, 0.4) is 0 Å². The largest absolute Gasteiger partial charge is 0.359 e. The van der Waals surface area contributed by atoms with Crippen molar-refractivity contribution in [3.05, 3.63) is 24.3 Å². The summed E-state index contributed by atoms with van der Waals surface area (Å²) in [5, 5.41) is 4.58. The lowest BCUT2D eigenvalue weighted by molar-refractivity contribution is 0.309. The molecule has 0 atom stereocenters. The minimum absolute atomic E-state index is 0.653. The lowest BCUT2D eigenvalue weighted by Crippen LogP contribution is -2.33. The fraction of sp³-hybridized carbons (Fsp3) is 0.417. The molecule has 0 amide bonds. The van der Waals surface area contributed by atoms with Crippen LogP contribution in [-0.4, -0.2) is 11.0 Å². The average molecular weight is 218 g/mol. The standard InChI is InChI=1S/C12H14N2S/c1-8-6-9(7-8)13-12-14-10-4-2-3-5-11(10)15-12/h2-5,8-9H,6-7H2,1H3,(H,13,14). The third-order valence-electron chi connectivity index (χ3n) is 3.00.